The van der Waals surface area contributed by atoms with Gasteiger partial charge in [-0.3, -0.25) is 4.98 Å². The number of hydrogen-bond acceptors (Lipinski definition) is 2. The third-order valence-electron chi connectivity index (χ3n) is 3.82. The van der Waals surface area contributed by atoms with Crippen LogP contribution in [0, 0.1) is 5.92 Å². The minimum Gasteiger partial charge on any atom is -0.367 e. The minimum absolute atomic E-state index is 0.795. The first-order valence-electron chi connectivity index (χ1n) is 5.72. The van der Waals surface area contributed by atoms with Gasteiger partial charge in [0.15, 0.2) is 0 Å². The summed E-state index contributed by atoms with van der Waals surface area (Å²) in [5.74, 6) is 0.949. The average Bonchev–Trinajstić information content (AvgIpc) is 2.80. The van der Waals surface area contributed by atoms with Crippen molar-refractivity contribution in [1.82, 2.24) is 4.98 Å². The molecule has 1 aromatic rings. The Bertz CT molecular complexity index is 366. The van der Waals surface area contributed by atoms with E-state index in [1.54, 1.807) is 0 Å². The van der Waals surface area contributed by atoms with Gasteiger partial charge in [-0.05, 0) is 47.2 Å². The van der Waals surface area contributed by atoms with E-state index < -0.39 is 0 Å². The molecule has 0 bridgehead atoms. The Balaban J connectivity index is 1.91. The first kappa shape index (κ1) is 9.64. The summed E-state index contributed by atoms with van der Waals surface area (Å²) in [7, 11) is 0. The van der Waals surface area contributed by atoms with Crippen molar-refractivity contribution in [2.75, 3.05) is 11.4 Å². The van der Waals surface area contributed by atoms with Gasteiger partial charge in [-0.1, -0.05) is 6.42 Å². The highest BCUT2D eigenvalue weighted by atomic mass is 79.9. The molecule has 2 aliphatic rings. The smallest absolute Gasteiger partial charge is 0.0592 e. The molecule has 2 nitrogen and oxygen atoms in total. The lowest BCUT2D eigenvalue weighted by Gasteiger charge is -2.26. The Labute approximate surface area is 98.8 Å². The molecular weight excluding hydrogens is 252 g/mol. The van der Waals surface area contributed by atoms with Crippen molar-refractivity contribution in [3.63, 3.8) is 0 Å². The number of aromatic nitrogens is 1. The number of nitrogens with zero attached hydrogens (tertiary/aromatic N) is 2. The van der Waals surface area contributed by atoms with Crippen LogP contribution in [0.15, 0.2) is 22.9 Å². The molecule has 0 amide bonds. The van der Waals surface area contributed by atoms with Crippen LogP contribution >= 0.6 is 15.9 Å². The van der Waals surface area contributed by atoms with Gasteiger partial charge in [0, 0.05) is 25.0 Å². The van der Waals surface area contributed by atoms with Gasteiger partial charge in [-0.15, -0.1) is 0 Å². The molecule has 2 fully saturated rings. The lowest BCUT2D eigenvalue weighted by atomic mass is 10.0. The monoisotopic (exact) mass is 266 g/mol. The SMILES string of the molecule is Brc1cnccc1N1CCC2CCCC21. The highest BCUT2D eigenvalue weighted by molar-refractivity contribution is 9.10. The second-order valence-corrected chi connectivity index (χ2v) is 5.42. The van der Waals surface area contributed by atoms with Crippen LogP contribution in [0.5, 0.6) is 0 Å². The number of fused-ring (bicyclic) bond motifs is 1. The largest absolute Gasteiger partial charge is 0.367 e. The number of rotatable bonds is 1. The molecule has 80 valence electrons. The summed E-state index contributed by atoms with van der Waals surface area (Å²) in [5.41, 5.74) is 1.33. The predicted octanol–water partition coefficient (Wildman–Crippen LogP) is 3.22. The van der Waals surface area contributed by atoms with Gasteiger partial charge in [-0.2, -0.15) is 0 Å². The lowest BCUT2D eigenvalue weighted by Crippen LogP contribution is -2.29. The van der Waals surface area contributed by atoms with Crippen LogP contribution in [0.1, 0.15) is 25.7 Å². The maximum atomic E-state index is 4.13. The van der Waals surface area contributed by atoms with E-state index in [4.69, 9.17) is 0 Å². The number of anilines is 1. The molecular formula is C12H15BrN2. The Morgan fingerprint density at radius 2 is 2.27 bits per heavy atom. The first-order chi connectivity index (χ1) is 7.36. The highest BCUT2D eigenvalue weighted by Gasteiger charge is 2.37. The molecule has 1 saturated carbocycles. The van der Waals surface area contributed by atoms with Crippen LogP contribution in [-0.4, -0.2) is 17.6 Å². The molecule has 15 heavy (non-hydrogen) atoms. The van der Waals surface area contributed by atoms with Crippen LogP contribution in [0.4, 0.5) is 5.69 Å². The van der Waals surface area contributed by atoms with Crippen LogP contribution in [-0.2, 0) is 0 Å². The second kappa shape index (κ2) is 3.78. The fourth-order valence-electron chi connectivity index (χ4n) is 3.13. The third kappa shape index (κ3) is 1.57. The molecule has 1 aliphatic heterocycles. The molecule has 0 aromatic carbocycles. The first-order valence-corrected chi connectivity index (χ1v) is 6.52. The molecule has 2 atom stereocenters. The summed E-state index contributed by atoms with van der Waals surface area (Å²) in [4.78, 5) is 6.70. The Hall–Kier alpha value is -0.570. The Morgan fingerprint density at radius 1 is 1.33 bits per heavy atom. The molecule has 0 spiro atoms. The third-order valence-corrected chi connectivity index (χ3v) is 4.43. The van der Waals surface area contributed by atoms with E-state index in [-0.39, 0.29) is 0 Å². The van der Waals surface area contributed by atoms with Crippen molar-refractivity contribution >= 4 is 21.6 Å². The summed E-state index contributed by atoms with van der Waals surface area (Å²) >= 11 is 3.60. The van der Waals surface area contributed by atoms with Gasteiger partial charge < -0.3 is 4.90 Å². The van der Waals surface area contributed by atoms with Crippen molar-refractivity contribution in [1.29, 1.82) is 0 Å². The zero-order valence-corrected chi connectivity index (χ0v) is 10.3. The maximum absolute atomic E-state index is 4.13. The summed E-state index contributed by atoms with van der Waals surface area (Å²) in [5, 5.41) is 0. The van der Waals surface area contributed by atoms with E-state index in [1.807, 2.05) is 12.4 Å². The molecule has 2 heterocycles. The fourth-order valence-corrected chi connectivity index (χ4v) is 3.61. The summed E-state index contributed by atoms with van der Waals surface area (Å²) in [6.45, 7) is 1.22. The van der Waals surface area contributed by atoms with Crippen molar-refractivity contribution in [2.24, 2.45) is 5.92 Å². The van der Waals surface area contributed by atoms with Crippen molar-refractivity contribution in [3.05, 3.63) is 22.9 Å². The van der Waals surface area contributed by atoms with E-state index in [0.29, 0.717) is 0 Å². The van der Waals surface area contributed by atoms with Gasteiger partial charge in [0.05, 0.1) is 10.2 Å². The molecule has 1 saturated heterocycles. The van der Waals surface area contributed by atoms with E-state index in [9.17, 15) is 0 Å². The predicted molar refractivity (Wildman–Crippen MR) is 65.0 cm³/mol. The van der Waals surface area contributed by atoms with Crippen LogP contribution < -0.4 is 4.90 Å². The molecule has 1 aliphatic carbocycles. The number of halogens is 1. The van der Waals surface area contributed by atoms with Crippen LogP contribution in [0.3, 0.4) is 0 Å². The highest BCUT2D eigenvalue weighted by Crippen LogP contribution is 2.41. The number of hydrogen-bond donors (Lipinski definition) is 0. The van der Waals surface area contributed by atoms with Gasteiger partial charge in [0.25, 0.3) is 0 Å². The quantitative estimate of drug-likeness (QED) is 0.776. The fraction of sp³-hybridized carbons (Fsp3) is 0.583. The van der Waals surface area contributed by atoms with Crippen LogP contribution in [0.2, 0.25) is 0 Å². The maximum Gasteiger partial charge on any atom is 0.0592 e. The van der Waals surface area contributed by atoms with Gasteiger partial charge in [-0.25, -0.2) is 0 Å². The molecule has 2 unspecified atom stereocenters. The zero-order valence-electron chi connectivity index (χ0n) is 8.69. The average molecular weight is 267 g/mol. The van der Waals surface area contributed by atoms with E-state index >= 15 is 0 Å². The molecule has 0 N–H and O–H groups in total. The van der Waals surface area contributed by atoms with Crippen molar-refractivity contribution in [2.45, 2.75) is 31.7 Å². The molecule has 3 rings (SSSR count). The molecule has 1 aromatic heterocycles. The summed E-state index contributed by atoms with van der Waals surface area (Å²) in [6.07, 6.45) is 9.39. The van der Waals surface area contributed by atoms with E-state index in [2.05, 4.69) is 31.9 Å². The Kier molecular flexibility index (Phi) is 2.43. The topological polar surface area (TPSA) is 16.1 Å². The van der Waals surface area contributed by atoms with E-state index in [0.717, 1.165) is 16.4 Å². The second-order valence-electron chi connectivity index (χ2n) is 4.57. The number of pyridine rings is 1. The summed E-state index contributed by atoms with van der Waals surface area (Å²) < 4.78 is 1.14. The normalized spacial score (nSPS) is 29.5. The molecule has 0 radical (unpaired) electrons. The zero-order chi connectivity index (χ0) is 10.3. The van der Waals surface area contributed by atoms with Gasteiger partial charge >= 0.3 is 0 Å². The lowest BCUT2D eigenvalue weighted by molar-refractivity contribution is 0.541. The standard InChI is InChI=1S/C12H15BrN2/c13-10-8-14-6-4-12(10)15-7-5-9-2-1-3-11(9)15/h4,6,8-9,11H,1-3,5,7H2. The summed E-state index contributed by atoms with van der Waals surface area (Å²) in [6, 6.07) is 2.92. The minimum atomic E-state index is 0.795. The molecule has 3 heteroatoms. The Morgan fingerprint density at radius 3 is 3.13 bits per heavy atom. The van der Waals surface area contributed by atoms with Crippen molar-refractivity contribution < 1.29 is 0 Å². The van der Waals surface area contributed by atoms with E-state index in [1.165, 1.54) is 37.9 Å². The van der Waals surface area contributed by atoms with Gasteiger partial charge in [0.2, 0.25) is 0 Å². The van der Waals surface area contributed by atoms with Crippen LogP contribution in [0.25, 0.3) is 0 Å². The van der Waals surface area contributed by atoms with Crippen molar-refractivity contribution in [3.8, 4) is 0 Å². The van der Waals surface area contributed by atoms with Gasteiger partial charge in [0.1, 0.15) is 0 Å².